The molecule has 5 rings (SSSR count). The van der Waals surface area contributed by atoms with Gasteiger partial charge in [-0.3, -0.25) is 4.79 Å². The molecule has 182 valence electrons. The number of carbonyl (C=O) groups excluding carboxylic acids is 1. The fourth-order valence-corrected chi connectivity index (χ4v) is 4.58. The molecule has 0 atom stereocenters. The molecule has 2 aliphatic rings. The first-order valence-corrected chi connectivity index (χ1v) is 11.7. The average Bonchev–Trinajstić information content (AvgIpc) is 2.94. The molecular formula is C26H31N7O2. The van der Waals surface area contributed by atoms with Crippen molar-refractivity contribution >= 4 is 40.4 Å². The van der Waals surface area contributed by atoms with Crippen molar-refractivity contribution in [3.63, 3.8) is 0 Å². The van der Waals surface area contributed by atoms with Crippen LogP contribution in [0.4, 0.5) is 34.5 Å². The van der Waals surface area contributed by atoms with E-state index >= 15 is 0 Å². The predicted octanol–water partition coefficient (Wildman–Crippen LogP) is 3.65. The summed E-state index contributed by atoms with van der Waals surface area (Å²) >= 11 is 0. The Kier molecular flexibility index (Phi) is 5.94. The molecule has 3 heterocycles. The number of aromatic nitrogens is 2. The second-order valence-electron chi connectivity index (χ2n) is 9.15. The number of nitrogens with one attached hydrogen (secondary N) is 1. The van der Waals surface area contributed by atoms with Crippen LogP contribution in [-0.2, 0) is 0 Å². The standard InChI is InChI=1S/C26H31N7O2/c1-17-6-8-19-21(14-17)31(3)24-22(32(4)25(19)34)16-27-26(29-24)28-20-9-7-18(15-23(20)35-5)33-12-10-30(2)11-13-33/h6-9,14-16H,10-13H2,1-5H3,(H,27,28,29). The Morgan fingerprint density at radius 1 is 0.943 bits per heavy atom. The number of benzene rings is 2. The van der Waals surface area contributed by atoms with Crippen molar-refractivity contribution in [1.82, 2.24) is 14.9 Å². The first-order valence-electron chi connectivity index (χ1n) is 11.7. The third-order valence-corrected chi connectivity index (χ3v) is 6.78. The van der Waals surface area contributed by atoms with E-state index < -0.39 is 0 Å². The Hall–Kier alpha value is -3.85. The zero-order valence-corrected chi connectivity index (χ0v) is 20.9. The molecule has 1 amide bonds. The van der Waals surface area contributed by atoms with Crippen LogP contribution in [0.2, 0.25) is 0 Å². The van der Waals surface area contributed by atoms with Gasteiger partial charge >= 0.3 is 0 Å². The molecule has 1 aromatic heterocycles. The molecule has 3 aromatic rings. The summed E-state index contributed by atoms with van der Waals surface area (Å²) in [5.74, 6) is 1.71. The predicted molar refractivity (Wildman–Crippen MR) is 140 cm³/mol. The van der Waals surface area contributed by atoms with Gasteiger partial charge in [-0.1, -0.05) is 6.07 Å². The number of hydrogen-bond acceptors (Lipinski definition) is 8. The molecule has 35 heavy (non-hydrogen) atoms. The molecule has 0 bridgehead atoms. The second-order valence-corrected chi connectivity index (χ2v) is 9.15. The molecule has 1 fully saturated rings. The van der Waals surface area contributed by atoms with E-state index in [1.807, 2.05) is 43.1 Å². The summed E-state index contributed by atoms with van der Waals surface area (Å²) in [6.45, 7) is 6.07. The van der Waals surface area contributed by atoms with Crippen LogP contribution in [0.15, 0.2) is 42.6 Å². The number of rotatable bonds is 4. The second kappa shape index (κ2) is 9.07. The maximum atomic E-state index is 13.1. The number of methoxy groups -OCH3 is 1. The summed E-state index contributed by atoms with van der Waals surface area (Å²) in [7, 11) is 7.49. The summed E-state index contributed by atoms with van der Waals surface area (Å²) in [5.41, 5.74) is 5.09. The van der Waals surface area contributed by atoms with Gasteiger partial charge in [-0.2, -0.15) is 4.98 Å². The molecule has 1 N–H and O–H groups in total. The Morgan fingerprint density at radius 2 is 1.71 bits per heavy atom. The van der Waals surface area contributed by atoms with E-state index in [9.17, 15) is 4.79 Å². The van der Waals surface area contributed by atoms with Gasteiger partial charge in [0, 0.05) is 52.0 Å². The monoisotopic (exact) mass is 473 g/mol. The highest BCUT2D eigenvalue weighted by Crippen LogP contribution is 2.39. The van der Waals surface area contributed by atoms with Gasteiger partial charge in [-0.05, 0) is 43.8 Å². The number of hydrogen-bond donors (Lipinski definition) is 1. The fourth-order valence-electron chi connectivity index (χ4n) is 4.58. The summed E-state index contributed by atoms with van der Waals surface area (Å²) in [6.07, 6.45) is 1.68. The molecule has 9 heteroatoms. The quantitative estimate of drug-likeness (QED) is 0.616. The van der Waals surface area contributed by atoms with Crippen LogP contribution in [0.1, 0.15) is 15.9 Å². The Labute approximate surface area is 205 Å². The lowest BCUT2D eigenvalue weighted by Gasteiger charge is -2.34. The summed E-state index contributed by atoms with van der Waals surface area (Å²) < 4.78 is 5.70. The number of nitrogens with zero attached hydrogens (tertiary/aromatic N) is 6. The van der Waals surface area contributed by atoms with E-state index in [1.165, 1.54) is 0 Å². The van der Waals surface area contributed by atoms with Crippen molar-refractivity contribution < 1.29 is 9.53 Å². The molecular weight excluding hydrogens is 442 g/mol. The molecule has 9 nitrogen and oxygen atoms in total. The van der Waals surface area contributed by atoms with Crippen molar-refractivity contribution in [2.24, 2.45) is 0 Å². The summed E-state index contributed by atoms with van der Waals surface area (Å²) in [6, 6.07) is 12.0. The Bertz CT molecular complexity index is 1270. The highest BCUT2D eigenvalue weighted by atomic mass is 16.5. The molecule has 0 unspecified atom stereocenters. The molecule has 0 spiro atoms. The summed E-state index contributed by atoms with van der Waals surface area (Å²) in [4.78, 5) is 30.7. The maximum Gasteiger partial charge on any atom is 0.260 e. The van der Waals surface area contributed by atoms with Gasteiger partial charge < -0.3 is 29.7 Å². The number of anilines is 6. The highest BCUT2D eigenvalue weighted by molar-refractivity contribution is 6.13. The fraction of sp³-hybridized carbons (Fsp3) is 0.346. The molecule has 0 radical (unpaired) electrons. The molecule has 1 saturated heterocycles. The van der Waals surface area contributed by atoms with Crippen LogP contribution < -0.4 is 24.8 Å². The van der Waals surface area contributed by atoms with Gasteiger partial charge in [0.1, 0.15) is 11.4 Å². The van der Waals surface area contributed by atoms with Crippen LogP contribution >= 0.6 is 0 Å². The molecule has 0 aliphatic carbocycles. The van der Waals surface area contributed by atoms with Gasteiger partial charge in [0.2, 0.25) is 5.95 Å². The highest BCUT2D eigenvalue weighted by Gasteiger charge is 2.29. The lowest BCUT2D eigenvalue weighted by molar-refractivity contribution is 0.0994. The number of carbonyl (C=O) groups is 1. The lowest BCUT2D eigenvalue weighted by Crippen LogP contribution is -2.44. The Morgan fingerprint density at radius 3 is 2.46 bits per heavy atom. The first-order chi connectivity index (χ1) is 16.9. The minimum absolute atomic E-state index is 0.0870. The molecule has 2 aromatic carbocycles. The topological polar surface area (TPSA) is 77.1 Å². The van der Waals surface area contributed by atoms with Crippen molar-refractivity contribution in [3.05, 3.63) is 53.7 Å². The van der Waals surface area contributed by atoms with Crippen LogP contribution in [0.25, 0.3) is 0 Å². The molecule has 2 aliphatic heterocycles. The largest absolute Gasteiger partial charge is 0.494 e. The van der Waals surface area contributed by atoms with E-state index in [4.69, 9.17) is 9.72 Å². The van der Waals surface area contributed by atoms with E-state index in [0.717, 1.165) is 54.6 Å². The van der Waals surface area contributed by atoms with Crippen LogP contribution in [0.3, 0.4) is 0 Å². The normalized spacial score (nSPS) is 16.0. The summed E-state index contributed by atoms with van der Waals surface area (Å²) in [5, 5.41) is 3.31. The van der Waals surface area contributed by atoms with E-state index in [-0.39, 0.29) is 5.91 Å². The van der Waals surface area contributed by atoms with Gasteiger partial charge in [-0.25, -0.2) is 4.98 Å². The van der Waals surface area contributed by atoms with Crippen LogP contribution in [0.5, 0.6) is 5.75 Å². The number of piperazine rings is 1. The van der Waals surface area contributed by atoms with Gasteiger partial charge in [0.15, 0.2) is 5.82 Å². The lowest BCUT2D eigenvalue weighted by atomic mass is 10.1. The van der Waals surface area contributed by atoms with E-state index in [1.54, 1.807) is 25.3 Å². The van der Waals surface area contributed by atoms with Crippen molar-refractivity contribution in [1.29, 1.82) is 0 Å². The maximum absolute atomic E-state index is 13.1. The first kappa shape index (κ1) is 22.9. The van der Waals surface area contributed by atoms with Crippen LogP contribution in [0, 0.1) is 6.92 Å². The van der Waals surface area contributed by atoms with E-state index in [0.29, 0.717) is 23.0 Å². The minimum Gasteiger partial charge on any atom is -0.494 e. The van der Waals surface area contributed by atoms with Crippen molar-refractivity contribution in [2.75, 3.05) is 74.4 Å². The number of ether oxygens (including phenoxy) is 1. The molecule has 0 saturated carbocycles. The van der Waals surface area contributed by atoms with Gasteiger partial charge in [0.25, 0.3) is 5.91 Å². The smallest absolute Gasteiger partial charge is 0.260 e. The average molecular weight is 474 g/mol. The van der Waals surface area contributed by atoms with Gasteiger partial charge in [-0.15, -0.1) is 0 Å². The zero-order chi connectivity index (χ0) is 24.7. The number of fused-ring (bicyclic) bond motifs is 2. The van der Waals surface area contributed by atoms with Crippen molar-refractivity contribution in [2.45, 2.75) is 6.92 Å². The van der Waals surface area contributed by atoms with E-state index in [2.05, 4.69) is 39.3 Å². The third-order valence-electron chi connectivity index (χ3n) is 6.78. The zero-order valence-electron chi connectivity index (χ0n) is 20.9. The van der Waals surface area contributed by atoms with Crippen LogP contribution in [-0.4, -0.2) is 75.2 Å². The Balaban J connectivity index is 1.46. The number of amides is 1. The minimum atomic E-state index is -0.0870. The number of likely N-dealkylation sites (N-methyl/N-ethyl adjacent to an activating group) is 1. The third kappa shape index (κ3) is 4.23. The van der Waals surface area contributed by atoms with Crippen molar-refractivity contribution in [3.8, 4) is 5.75 Å². The van der Waals surface area contributed by atoms with Gasteiger partial charge in [0.05, 0.1) is 30.2 Å². The number of aryl methyl sites for hydroxylation is 1. The SMILES string of the molecule is COc1cc(N2CCN(C)CC2)ccc1Nc1ncc2c(n1)N(C)c1cc(C)ccc1C(=O)N2C.